The SMILES string of the molecule is COc1ccc(C(=O)OC[C@@]2(O)CO[C@@H](O[C@H]3[C@H](Oc4ccc(O)c(C(=O)O)c4)OC[C@@H](O)[C@@H]3O)[C@@H]2O)cc1. The molecule has 2 saturated heterocycles. The van der Waals surface area contributed by atoms with Crippen LogP contribution in [0.4, 0.5) is 0 Å². The lowest BCUT2D eigenvalue weighted by Gasteiger charge is -2.39. The number of aliphatic hydroxyl groups excluding tert-OH is 3. The van der Waals surface area contributed by atoms with Gasteiger partial charge in [-0.05, 0) is 42.5 Å². The van der Waals surface area contributed by atoms with Crippen molar-refractivity contribution in [2.24, 2.45) is 0 Å². The summed E-state index contributed by atoms with van der Waals surface area (Å²) < 4.78 is 32.2. The highest BCUT2D eigenvalue weighted by molar-refractivity contribution is 5.91. The zero-order valence-corrected chi connectivity index (χ0v) is 20.6. The van der Waals surface area contributed by atoms with Gasteiger partial charge >= 0.3 is 11.9 Å². The Labute approximate surface area is 221 Å². The number of benzene rings is 2. The molecule has 6 N–H and O–H groups in total. The van der Waals surface area contributed by atoms with Gasteiger partial charge in [0.25, 0.3) is 0 Å². The zero-order chi connectivity index (χ0) is 28.3. The number of carboxylic acids is 1. The van der Waals surface area contributed by atoms with E-state index in [1.165, 1.54) is 25.3 Å². The van der Waals surface area contributed by atoms with E-state index in [2.05, 4.69) is 0 Å². The highest BCUT2D eigenvalue weighted by Crippen LogP contribution is 2.32. The van der Waals surface area contributed by atoms with Crippen LogP contribution in [0, 0.1) is 0 Å². The number of methoxy groups -OCH3 is 1. The number of carboxylic acid groups (broad SMARTS) is 1. The van der Waals surface area contributed by atoms with Crippen LogP contribution < -0.4 is 9.47 Å². The summed E-state index contributed by atoms with van der Waals surface area (Å²) in [5.74, 6) is -2.23. The normalized spacial score (nSPS) is 30.5. The van der Waals surface area contributed by atoms with Gasteiger partial charge in [-0.15, -0.1) is 0 Å². The van der Waals surface area contributed by atoms with Gasteiger partial charge in [-0.3, -0.25) is 0 Å². The van der Waals surface area contributed by atoms with Gasteiger partial charge in [0.15, 0.2) is 18.0 Å². The quantitative estimate of drug-likeness (QED) is 0.211. The number of hydrogen-bond acceptors (Lipinski definition) is 13. The van der Waals surface area contributed by atoms with E-state index in [0.717, 1.165) is 12.1 Å². The lowest BCUT2D eigenvalue weighted by molar-refractivity contribution is -0.297. The standard InChI is InChI=1S/C25H28O14/c1-34-13-4-2-12(3-5-13)22(32)36-10-25(33)11-37-24(20(25)29)39-19-18(28)17(27)9-35-23(19)38-14-6-7-16(26)15(8-14)21(30)31/h2-8,17-20,23-24,26-29,33H,9-11H2,1H3,(H,30,31)/t17-,18+,19-,20+,23+,24+,25-/m1/s1. The van der Waals surface area contributed by atoms with E-state index in [0.29, 0.717) is 5.75 Å². The first kappa shape index (κ1) is 28.5. The first-order valence-electron chi connectivity index (χ1n) is 11.7. The van der Waals surface area contributed by atoms with E-state index in [1.54, 1.807) is 12.1 Å². The van der Waals surface area contributed by atoms with Gasteiger partial charge in [0.2, 0.25) is 6.29 Å². The molecule has 2 fully saturated rings. The summed E-state index contributed by atoms with van der Waals surface area (Å²) in [6, 6.07) is 9.37. The van der Waals surface area contributed by atoms with Gasteiger partial charge in [-0.2, -0.15) is 0 Å². The summed E-state index contributed by atoms with van der Waals surface area (Å²) >= 11 is 0. The predicted molar refractivity (Wildman–Crippen MR) is 126 cm³/mol. The Hall–Kier alpha value is -3.50. The van der Waals surface area contributed by atoms with E-state index in [1.807, 2.05) is 0 Å². The lowest BCUT2D eigenvalue weighted by Crippen LogP contribution is -2.58. The molecular formula is C25H28O14. The number of hydrogen-bond donors (Lipinski definition) is 6. The fraction of sp³-hybridized carbons (Fsp3) is 0.440. The molecule has 2 heterocycles. The number of phenols is 1. The van der Waals surface area contributed by atoms with Crippen molar-refractivity contribution < 1.29 is 68.6 Å². The molecule has 212 valence electrons. The van der Waals surface area contributed by atoms with Crippen LogP contribution >= 0.6 is 0 Å². The number of aromatic carboxylic acids is 1. The minimum absolute atomic E-state index is 0.0674. The number of carbonyl (C=O) groups is 2. The summed E-state index contributed by atoms with van der Waals surface area (Å²) in [5, 5.41) is 61.1. The lowest BCUT2D eigenvalue weighted by atomic mass is 10.0. The molecule has 14 nitrogen and oxygen atoms in total. The van der Waals surface area contributed by atoms with E-state index >= 15 is 0 Å². The van der Waals surface area contributed by atoms with Crippen LogP contribution in [0.2, 0.25) is 0 Å². The van der Waals surface area contributed by atoms with Crippen LogP contribution in [0.5, 0.6) is 17.2 Å². The smallest absolute Gasteiger partial charge is 0.339 e. The van der Waals surface area contributed by atoms with E-state index in [4.69, 9.17) is 28.4 Å². The monoisotopic (exact) mass is 552 g/mol. The maximum absolute atomic E-state index is 12.4. The van der Waals surface area contributed by atoms with E-state index in [-0.39, 0.29) is 17.9 Å². The Kier molecular flexibility index (Phi) is 8.56. The van der Waals surface area contributed by atoms with Gasteiger partial charge in [-0.25, -0.2) is 9.59 Å². The van der Waals surface area contributed by atoms with Crippen LogP contribution in [0.25, 0.3) is 0 Å². The van der Waals surface area contributed by atoms with Crippen molar-refractivity contribution in [1.82, 2.24) is 0 Å². The summed E-state index contributed by atoms with van der Waals surface area (Å²) in [4.78, 5) is 23.7. The molecule has 0 bridgehead atoms. The molecule has 7 atom stereocenters. The summed E-state index contributed by atoms with van der Waals surface area (Å²) in [6.07, 6.45) is -9.25. The molecule has 0 radical (unpaired) electrons. The van der Waals surface area contributed by atoms with Crippen LogP contribution in [0.15, 0.2) is 42.5 Å². The number of esters is 1. The molecule has 2 aromatic carbocycles. The van der Waals surface area contributed by atoms with Crippen LogP contribution in [0.3, 0.4) is 0 Å². The molecule has 0 aromatic heterocycles. The number of carbonyl (C=O) groups excluding carboxylic acids is 1. The third-order valence-electron chi connectivity index (χ3n) is 6.26. The van der Waals surface area contributed by atoms with Crippen molar-refractivity contribution in [3.8, 4) is 17.2 Å². The maximum atomic E-state index is 12.4. The second-order valence-corrected chi connectivity index (χ2v) is 8.99. The second kappa shape index (κ2) is 11.7. The molecule has 0 spiro atoms. The number of aromatic hydroxyl groups is 1. The molecule has 14 heteroatoms. The minimum Gasteiger partial charge on any atom is -0.507 e. The van der Waals surface area contributed by atoms with Crippen molar-refractivity contribution >= 4 is 11.9 Å². The molecule has 4 rings (SSSR count). The first-order chi connectivity index (χ1) is 18.5. The molecule has 0 amide bonds. The van der Waals surface area contributed by atoms with Crippen molar-refractivity contribution in [1.29, 1.82) is 0 Å². The topological polar surface area (TPSA) is 211 Å². The van der Waals surface area contributed by atoms with Crippen LogP contribution in [0.1, 0.15) is 20.7 Å². The highest BCUT2D eigenvalue weighted by Gasteiger charge is 2.53. The predicted octanol–water partition coefficient (Wildman–Crippen LogP) is -0.754. The fourth-order valence-corrected chi connectivity index (χ4v) is 3.96. The highest BCUT2D eigenvalue weighted by atomic mass is 16.8. The second-order valence-electron chi connectivity index (χ2n) is 8.99. The molecule has 2 aliphatic heterocycles. The Morgan fingerprint density at radius 2 is 1.72 bits per heavy atom. The van der Waals surface area contributed by atoms with Gasteiger partial charge in [0.05, 0.1) is 25.9 Å². The third-order valence-corrected chi connectivity index (χ3v) is 6.26. The molecule has 0 saturated carbocycles. The summed E-state index contributed by atoms with van der Waals surface area (Å²) in [5.41, 5.74) is -2.35. The van der Waals surface area contributed by atoms with Gasteiger partial charge < -0.3 is 59.1 Å². The van der Waals surface area contributed by atoms with Crippen molar-refractivity contribution in [2.75, 3.05) is 26.9 Å². The zero-order valence-electron chi connectivity index (χ0n) is 20.6. The van der Waals surface area contributed by atoms with Gasteiger partial charge in [0, 0.05) is 0 Å². The maximum Gasteiger partial charge on any atom is 0.339 e. The van der Waals surface area contributed by atoms with Crippen LogP contribution in [-0.4, -0.2) is 112 Å². The van der Waals surface area contributed by atoms with E-state index < -0.39 is 79.1 Å². The van der Waals surface area contributed by atoms with Crippen molar-refractivity contribution in [3.05, 3.63) is 53.6 Å². The third kappa shape index (κ3) is 6.23. The average Bonchev–Trinajstić information content (AvgIpc) is 3.21. The molecule has 2 aromatic rings. The molecular weight excluding hydrogens is 524 g/mol. The molecule has 39 heavy (non-hydrogen) atoms. The first-order valence-corrected chi connectivity index (χ1v) is 11.7. The minimum atomic E-state index is -2.07. The van der Waals surface area contributed by atoms with Crippen molar-refractivity contribution in [3.63, 3.8) is 0 Å². The Morgan fingerprint density at radius 1 is 1.03 bits per heavy atom. The number of ether oxygens (including phenoxy) is 6. The molecule has 0 aliphatic carbocycles. The van der Waals surface area contributed by atoms with Crippen LogP contribution in [-0.2, 0) is 18.9 Å². The molecule has 2 aliphatic rings. The number of rotatable bonds is 9. The molecule has 0 unspecified atom stereocenters. The summed E-state index contributed by atoms with van der Waals surface area (Å²) in [7, 11) is 1.47. The Bertz CT molecular complexity index is 1170. The van der Waals surface area contributed by atoms with Crippen molar-refractivity contribution in [2.45, 2.75) is 42.6 Å². The van der Waals surface area contributed by atoms with Gasteiger partial charge in [-0.1, -0.05) is 0 Å². The Balaban J connectivity index is 1.42. The average molecular weight is 552 g/mol. The van der Waals surface area contributed by atoms with Gasteiger partial charge in [0.1, 0.15) is 47.7 Å². The number of aliphatic hydroxyl groups is 4. The fourth-order valence-electron chi connectivity index (χ4n) is 3.96. The Morgan fingerprint density at radius 3 is 2.38 bits per heavy atom. The van der Waals surface area contributed by atoms with E-state index in [9.17, 15) is 40.2 Å². The largest absolute Gasteiger partial charge is 0.507 e. The summed E-state index contributed by atoms with van der Waals surface area (Å²) in [6.45, 7) is -1.53.